The van der Waals surface area contributed by atoms with E-state index in [1.807, 2.05) is 11.3 Å². The molecule has 0 aromatic carbocycles. The molecule has 1 aromatic heterocycles. The molecule has 0 unspecified atom stereocenters. The number of rotatable bonds is 3. The molecule has 88 valence electrons. The van der Waals surface area contributed by atoms with Crippen LogP contribution in [-0.4, -0.2) is 11.0 Å². The number of hydrogen-bond donors (Lipinski definition) is 1. The zero-order valence-electron chi connectivity index (χ0n) is 10.2. The summed E-state index contributed by atoms with van der Waals surface area (Å²) in [7, 11) is 0. The summed E-state index contributed by atoms with van der Waals surface area (Å²) in [5, 5.41) is 4.85. The molecule has 0 radical (unpaired) electrons. The highest BCUT2D eigenvalue weighted by molar-refractivity contribution is 7.11. The molecular weight excluding hydrogens is 216 g/mol. The Morgan fingerprint density at radius 1 is 1.44 bits per heavy atom. The Bertz CT molecular complexity index is 391. The molecule has 3 heteroatoms. The van der Waals surface area contributed by atoms with Crippen LogP contribution in [0.5, 0.6) is 0 Å². The van der Waals surface area contributed by atoms with Crippen LogP contribution >= 0.6 is 11.3 Å². The number of nitrogens with zero attached hydrogens (tertiary/aromatic N) is 1. The molecule has 0 amide bonds. The van der Waals surface area contributed by atoms with Crippen molar-refractivity contribution in [2.75, 3.05) is 0 Å². The molecule has 0 atom stereocenters. The third-order valence-electron chi connectivity index (χ3n) is 3.62. The van der Waals surface area contributed by atoms with Gasteiger partial charge in [0.1, 0.15) is 5.01 Å². The Kier molecular flexibility index (Phi) is 2.55. The second-order valence-corrected chi connectivity index (χ2v) is 7.14. The lowest BCUT2D eigenvalue weighted by Gasteiger charge is -2.28. The quantitative estimate of drug-likeness (QED) is 0.873. The number of hydrogen-bond acceptors (Lipinski definition) is 3. The van der Waals surface area contributed by atoms with E-state index >= 15 is 0 Å². The maximum absolute atomic E-state index is 4.77. The van der Waals surface area contributed by atoms with Crippen LogP contribution in [0.4, 0.5) is 0 Å². The van der Waals surface area contributed by atoms with E-state index in [0.29, 0.717) is 5.41 Å². The second-order valence-electron chi connectivity index (χ2n) is 5.97. The predicted octanol–water partition coefficient (Wildman–Crippen LogP) is 2.91. The lowest BCUT2D eigenvalue weighted by Crippen LogP contribution is -2.21. The fraction of sp³-hybridized carbons (Fsp3) is 0.769. The lowest BCUT2D eigenvalue weighted by molar-refractivity contribution is 0.316. The van der Waals surface area contributed by atoms with E-state index in [-0.39, 0.29) is 0 Å². The molecule has 0 bridgehead atoms. The van der Waals surface area contributed by atoms with Crippen molar-refractivity contribution in [1.82, 2.24) is 10.3 Å². The van der Waals surface area contributed by atoms with Gasteiger partial charge in [-0.05, 0) is 37.5 Å². The van der Waals surface area contributed by atoms with Crippen molar-refractivity contribution in [3.63, 3.8) is 0 Å². The Labute approximate surface area is 101 Å². The van der Waals surface area contributed by atoms with Crippen LogP contribution in [0.2, 0.25) is 0 Å². The van der Waals surface area contributed by atoms with Crippen LogP contribution in [0, 0.1) is 5.41 Å². The molecule has 2 aliphatic carbocycles. The number of aryl methyl sites for hydroxylation is 1. The SMILES string of the molecule is CC1(C)CCc2nc(CNC3CC3)sc2C1. The average molecular weight is 236 g/mol. The van der Waals surface area contributed by atoms with Crippen molar-refractivity contribution in [3.05, 3.63) is 15.6 Å². The molecule has 2 nitrogen and oxygen atoms in total. The van der Waals surface area contributed by atoms with Crippen LogP contribution < -0.4 is 5.32 Å². The Morgan fingerprint density at radius 2 is 2.25 bits per heavy atom. The van der Waals surface area contributed by atoms with Gasteiger partial charge < -0.3 is 5.32 Å². The van der Waals surface area contributed by atoms with E-state index in [0.717, 1.165) is 12.6 Å². The minimum Gasteiger partial charge on any atom is -0.308 e. The van der Waals surface area contributed by atoms with Gasteiger partial charge in [0.05, 0.1) is 5.69 Å². The Morgan fingerprint density at radius 3 is 3.00 bits per heavy atom. The normalized spacial score (nSPS) is 23.1. The molecular formula is C13H20N2S. The zero-order valence-corrected chi connectivity index (χ0v) is 11.0. The third kappa shape index (κ3) is 2.30. The van der Waals surface area contributed by atoms with Crippen LogP contribution in [-0.2, 0) is 19.4 Å². The topological polar surface area (TPSA) is 24.9 Å². The van der Waals surface area contributed by atoms with Gasteiger partial charge in [-0.3, -0.25) is 0 Å². The first kappa shape index (κ1) is 10.7. The summed E-state index contributed by atoms with van der Waals surface area (Å²) in [5.74, 6) is 0. The maximum atomic E-state index is 4.77. The first-order valence-corrected chi connectivity index (χ1v) is 7.15. The molecule has 2 aliphatic rings. The van der Waals surface area contributed by atoms with Gasteiger partial charge in [0.15, 0.2) is 0 Å². The van der Waals surface area contributed by atoms with Crippen LogP contribution in [0.15, 0.2) is 0 Å². The van der Waals surface area contributed by atoms with E-state index in [2.05, 4.69) is 19.2 Å². The summed E-state index contributed by atoms with van der Waals surface area (Å²) in [5.41, 5.74) is 1.87. The summed E-state index contributed by atoms with van der Waals surface area (Å²) in [6.45, 7) is 5.73. The smallest absolute Gasteiger partial charge is 0.107 e. The molecule has 0 aliphatic heterocycles. The standard InChI is InChI=1S/C13H20N2S/c1-13(2)6-5-10-11(7-13)16-12(15-10)8-14-9-3-4-9/h9,14H,3-8H2,1-2H3. The highest BCUT2D eigenvalue weighted by atomic mass is 32.1. The van der Waals surface area contributed by atoms with Crippen molar-refractivity contribution >= 4 is 11.3 Å². The van der Waals surface area contributed by atoms with E-state index in [4.69, 9.17) is 4.98 Å². The van der Waals surface area contributed by atoms with Crippen LogP contribution in [0.25, 0.3) is 0 Å². The van der Waals surface area contributed by atoms with Crippen molar-refractivity contribution in [3.8, 4) is 0 Å². The van der Waals surface area contributed by atoms with Gasteiger partial charge in [-0.15, -0.1) is 11.3 Å². The first-order chi connectivity index (χ1) is 7.62. The molecule has 1 aromatic rings. The lowest BCUT2D eigenvalue weighted by atomic mass is 9.79. The number of aromatic nitrogens is 1. The molecule has 1 saturated carbocycles. The zero-order chi connectivity index (χ0) is 11.2. The fourth-order valence-electron chi connectivity index (χ4n) is 2.34. The minimum atomic E-state index is 0.487. The number of thiazole rings is 1. The monoisotopic (exact) mass is 236 g/mol. The van der Waals surface area contributed by atoms with Gasteiger partial charge in [0.25, 0.3) is 0 Å². The average Bonchev–Trinajstić information content (AvgIpc) is 2.95. The number of fused-ring (bicyclic) bond motifs is 1. The van der Waals surface area contributed by atoms with Crippen molar-refractivity contribution in [2.24, 2.45) is 5.41 Å². The Balaban J connectivity index is 1.70. The van der Waals surface area contributed by atoms with Gasteiger partial charge in [0.2, 0.25) is 0 Å². The fourth-order valence-corrected chi connectivity index (χ4v) is 3.67. The van der Waals surface area contributed by atoms with Crippen molar-refractivity contribution in [1.29, 1.82) is 0 Å². The van der Waals surface area contributed by atoms with Gasteiger partial charge in [-0.1, -0.05) is 13.8 Å². The van der Waals surface area contributed by atoms with Gasteiger partial charge >= 0.3 is 0 Å². The molecule has 3 rings (SSSR count). The highest BCUT2D eigenvalue weighted by Crippen LogP contribution is 2.37. The van der Waals surface area contributed by atoms with Crippen molar-refractivity contribution < 1.29 is 0 Å². The van der Waals surface area contributed by atoms with Crippen LogP contribution in [0.1, 0.15) is 48.7 Å². The summed E-state index contributed by atoms with van der Waals surface area (Å²) in [6, 6.07) is 0.789. The van der Waals surface area contributed by atoms with E-state index in [1.165, 1.54) is 42.8 Å². The van der Waals surface area contributed by atoms with Crippen molar-refractivity contribution in [2.45, 2.75) is 58.5 Å². The molecule has 1 N–H and O–H groups in total. The molecule has 16 heavy (non-hydrogen) atoms. The number of nitrogens with one attached hydrogen (secondary N) is 1. The molecule has 1 heterocycles. The third-order valence-corrected chi connectivity index (χ3v) is 4.72. The van der Waals surface area contributed by atoms with Gasteiger partial charge in [0, 0.05) is 17.5 Å². The van der Waals surface area contributed by atoms with Gasteiger partial charge in [-0.25, -0.2) is 4.98 Å². The Hall–Kier alpha value is -0.410. The summed E-state index contributed by atoms with van der Waals surface area (Å²) < 4.78 is 0. The summed E-state index contributed by atoms with van der Waals surface area (Å²) >= 11 is 1.93. The van der Waals surface area contributed by atoms with Crippen LogP contribution in [0.3, 0.4) is 0 Å². The summed E-state index contributed by atoms with van der Waals surface area (Å²) in [6.07, 6.45) is 6.42. The van der Waals surface area contributed by atoms with Gasteiger partial charge in [-0.2, -0.15) is 0 Å². The molecule has 1 fully saturated rings. The van der Waals surface area contributed by atoms with E-state index in [9.17, 15) is 0 Å². The van der Waals surface area contributed by atoms with E-state index < -0.39 is 0 Å². The largest absolute Gasteiger partial charge is 0.308 e. The first-order valence-electron chi connectivity index (χ1n) is 6.33. The van der Waals surface area contributed by atoms with E-state index in [1.54, 1.807) is 4.88 Å². The maximum Gasteiger partial charge on any atom is 0.107 e. The summed E-state index contributed by atoms with van der Waals surface area (Å²) in [4.78, 5) is 6.32. The minimum absolute atomic E-state index is 0.487. The molecule has 0 saturated heterocycles. The molecule has 0 spiro atoms. The predicted molar refractivity (Wildman–Crippen MR) is 67.8 cm³/mol. The second kappa shape index (κ2) is 3.81. The highest BCUT2D eigenvalue weighted by Gasteiger charge is 2.28.